The van der Waals surface area contributed by atoms with Gasteiger partial charge >= 0.3 is 6.03 Å². The molecule has 0 aliphatic carbocycles. The molecular formula is C29H28N4O4. The molecular weight excluding hydrogens is 468 g/mol. The van der Waals surface area contributed by atoms with Crippen LogP contribution in [0.2, 0.25) is 0 Å². The molecule has 0 bridgehead atoms. The number of carbonyl (C=O) groups excluding carboxylic acids is 1. The summed E-state index contributed by atoms with van der Waals surface area (Å²) in [6, 6.07) is 17.9. The van der Waals surface area contributed by atoms with Gasteiger partial charge in [-0.3, -0.25) is 4.90 Å². The normalized spacial score (nSPS) is 15.6. The maximum atomic E-state index is 13.5. The van der Waals surface area contributed by atoms with Crippen LogP contribution in [0.25, 0.3) is 17.0 Å². The molecule has 0 saturated carbocycles. The highest BCUT2D eigenvalue weighted by Gasteiger charge is 2.37. The number of benzene rings is 3. The van der Waals surface area contributed by atoms with Crippen molar-refractivity contribution in [2.45, 2.75) is 33.7 Å². The Bertz CT molecular complexity index is 1520. The Kier molecular flexibility index (Phi) is 6.17. The third kappa shape index (κ3) is 4.53. The number of urea groups is 1. The molecule has 1 atom stereocenters. The molecule has 188 valence electrons. The highest BCUT2D eigenvalue weighted by molar-refractivity contribution is 6.01. The number of anilines is 1. The highest BCUT2D eigenvalue weighted by Crippen LogP contribution is 2.41. The number of nitrogens with one attached hydrogen (secondary N) is 1. The molecule has 8 heteroatoms. The number of nitrogens with zero attached hydrogens (tertiary/aromatic N) is 3. The molecule has 1 aromatic heterocycles. The lowest BCUT2D eigenvalue weighted by molar-refractivity contribution is 0.244. The Morgan fingerprint density at radius 3 is 2.41 bits per heavy atom. The third-order valence-electron chi connectivity index (χ3n) is 6.42. The van der Waals surface area contributed by atoms with Gasteiger partial charge in [0.05, 0.1) is 24.4 Å². The maximum Gasteiger partial charge on any atom is 0.326 e. The summed E-state index contributed by atoms with van der Waals surface area (Å²) >= 11 is 0. The number of amides is 2. The average molecular weight is 497 g/mol. The van der Waals surface area contributed by atoms with Gasteiger partial charge < -0.3 is 19.7 Å². The molecule has 0 spiro atoms. The Balaban J connectivity index is 1.68. The number of allylic oxidation sites excluding steroid dienone is 1. The predicted octanol–water partition coefficient (Wildman–Crippen LogP) is 6.08. The minimum absolute atomic E-state index is 0.0334. The van der Waals surface area contributed by atoms with E-state index < -0.39 is 6.04 Å². The van der Waals surface area contributed by atoms with Crippen molar-refractivity contribution < 1.29 is 19.2 Å². The molecule has 0 saturated heterocycles. The van der Waals surface area contributed by atoms with E-state index in [1.165, 1.54) is 7.11 Å². The predicted molar refractivity (Wildman–Crippen MR) is 141 cm³/mol. The molecule has 4 aromatic rings. The third-order valence-corrected chi connectivity index (χ3v) is 6.42. The molecule has 2 N–H and O–H groups in total. The standard InChI is InChI=1S/C29H28N4O4/c1-16-7-6-8-21(12-16)27-31-28(37-32-27)25-19(4)33(22-13-17(2)11-18(3)14-22)29(35)30-26(25)20-9-10-24(36-5)23(34)15-20/h6-15,26,34H,1-5H3,(H,30,35). The van der Waals surface area contributed by atoms with Crippen LogP contribution in [0.3, 0.4) is 0 Å². The van der Waals surface area contributed by atoms with Crippen LogP contribution >= 0.6 is 0 Å². The van der Waals surface area contributed by atoms with E-state index in [9.17, 15) is 9.90 Å². The maximum absolute atomic E-state index is 13.5. The summed E-state index contributed by atoms with van der Waals surface area (Å²) in [5.74, 6) is 1.03. The van der Waals surface area contributed by atoms with E-state index in [1.54, 1.807) is 23.1 Å². The first-order valence-corrected chi connectivity index (χ1v) is 11.9. The van der Waals surface area contributed by atoms with E-state index in [-0.39, 0.29) is 17.7 Å². The largest absolute Gasteiger partial charge is 0.504 e. The molecule has 1 unspecified atom stereocenters. The molecule has 0 radical (unpaired) electrons. The van der Waals surface area contributed by atoms with Crippen molar-refractivity contribution in [3.63, 3.8) is 0 Å². The van der Waals surface area contributed by atoms with E-state index in [2.05, 4.69) is 16.5 Å². The van der Waals surface area contributed by atoms with Crippen molar-refractivity contribution in [1.29, 1.82) is 0 Å². The zero-order chi connectivity index (χ0) is 26.3. The van der Waals surface area contributed by atoms with Crippen LogP contribution < -0.4 is 15.0 Å². The van der Waals surface area contributed by atoms with Crippen LogP contribution in [0.15, 0.2) is 70.9 Å². The fourth-order valence-corrected chi connectivity index (χ4v) is 4.78. The molecule has 3 aromatic carbocycles. The van der Waals surface area contributed by atoms with Crippen molar-refractivity contribution in [1.82, 2.24) is 15.5 Å². The molecule has 2 heterocycles. The summed E-state index contributed by atoms with van der Waals surface area (Å²) in [4.78, 5) is 19.8. The monoisotopic (exact) mass is 496 g/mol. The number of aromatic nitrogens is 2. The number of ether oxygens (including phenoxy) is 1. The number of aromatic hydroxyl groups is 1. The second-order valence-electron chi connectivity index (χ2n) is 9.29. The van der Waals surface area contributed by atoms with Crippen LogP contribution in [0.1, 0.15) is 41.1 Å². The highest BCUT2D eigenvalue weighted by atomic mass is 16.5. The Morgan fingerprint density at radius 1 is 0.973 bits per heavy atom. The SMILES string of the molecule is COc1ccc(C2NC(=O)N(c3cc(C)cc(C)c3)C(C)=C2c2nc(-c3cccc(C)c3)no2)cc1O. The van der Waals surface area contributed by atoms with Crippen molar-refractivity contribution in [2.75, 3.05) is 12.0 Å². The molecule has 5 rings (SSSR count). The molecule has 1 aliphatic rings. The van der Waals surface area contributed by atoms with Crippen molar-refractivity contribution in [2.24, 2.45) is 0 Å². The van der Waals surface area contributed by atoms with Gasteiger partial charge in [-0.05, 0) is 74.7 Å². The second-order valence-corrected chi connectivity index (χ2v) is 9.29. The Morgan fingerprint density at radius 2 is 1.73 bits per heavy atom. The summed E-state index contributed by atoms with van der Waals surface area (Å²) in [6.07, 6.45) is 0. The lowest BCUT2D eigenvalue weighted by Crippen LogP contribution is -2.46. The van der Waals surface area contributed by atoms with Crippen LogP contribution in [-0.4, -0.2) is 28.4 Å². The van der Waals surface area contributed by atoms with Gasteiger partial charge in [0.25, 0.3) is 5.89 Å². The minimum atomic E-state index is -0.641. The van der Waals surface area contributed by atoms with Crippen molar-refractivity contribution >= 4 is 17.3 Å². The first-order chi connectivity index (χ1) is 17.7. The molecule has 0 fully saturated rings. The zero-order valence-electron chi connectivity index (χ0n) is 21.4. The fourth-order valence-electron chi connectivity index (χ4n) is 4.78. The summed E-state index contributed by atoms with van der Waals surface area (Å²) in [6.45, 7) is 7.85. The molecule has 2 amide bonds. The second kappa shape index (κ2) is 9.46. The number of aryl methyl sites for hydroxylation is 3. The lowest BCUT2D eigenvalue weighted by Gasteiger charge is -2.35. The number of hydrogen-bond donors (Lipinski definition) is 2. The number of hydrogen-bond acceptors (Lipinski definition) is 6. The molecule has 1 aliphatic heterocycles. The van der Waals surface area contributed by atoms with Gasteiger partial charge in [0.15, 0.2) is 11.5 Å². The van der Waals surface area contributed by atoms with E-state index in [4.69, 9.17) is 14.2 Å². The summed E-state index contributed by atoms with van der Waals surface area (Å²) in [5.41, 5.74) is 6.66. The Labute approximate surface area is 215 Å². The number of methoxy groups -OCH3 is 1. The molecule has 8 nitrogen and oxygen atoms in total. The topological polar surface area (TPSA) is 101 Å². The zero-order valence-corrected chi connectivity index (χ0v) is 21.4. The van der Waals surface area contributed by atoms with Gasteiger partial charge in [-0.15, -0.1) is 0 Å². The fraction of sp³-hybridized carbons (Fsp3) is 0.207. The average Bonchev–Trinajstić information content (AvgIpc) is 3.33. The number of phenolic OH excluding ortho intramolecular Hbond substituents is 1. The number of phenols is 1. The molecule has 37 heavy (non-hydrogen) atoms. The van der Waals surface area contributed by atoms with Gasteiger partial charge in [-0.25, -0.2) is 4.79 Å². The van der Waals surface area contributed by atoms with Crippen LogP contribution in [0.4, 0.5) is 10.5 Å². The van der Waals surface area contributed by atoms with E-state index in [1.807, 2.05) is 64.1 Å². The van der Waals surface area contributed by atoms with Crippen LogP contribution in [0, 0.1) is 20.8 Å². The van der Waals surface area contributed by atoms with Gasteiger partial charge in [0.2, 0.25) is 5.82 Å². The van der Waals surface area contributed by atoms with E-state index >= 15 is 0 Å². The smallest absolute Gasteiger partial charge is 0.326 e. The van der Waals surface area contributed by atoms with E-state index in [0.29, 0.717) is 28.4 Å². The van der Waals surface area contributed by atoms with Crippen molar-refractivity contribution in [3.05, 3.63) is 94.5 Å². The van der Waals surface area contributed by atoms with Gasteiger partial charge in [0.1, 0.15) is 0 Å². The van der Waals surface area contributed by atoms with Crippen molar-refractivity contribution in [3.8, 4) is 22.9 Å². The quantitative estimate of drug-likeness (QED) is 0.347. The minimum Gasteiger partial charge on any atom is -0.504 e. The number of rotatable bonds is 5. The van der Waals surface area contributed by atoms with Crippen LogP contribution in [-0.2, 0) is 0 Å². The van der Waals surface area contributed by atoms with Gasteiger partial charge in [-0.2, -0.15) is 4.98 Å². The summed E-state index contributed by atoms with van der Waals surface area (Å²) < 4.78 is 11.0. The first kappa shape index (κ1) is 24.1. The lowest BCUT2D eigenvalue weighted by atomic mass is 9.94. The number of carbonyl (C=O) groups is 1. The summed E-state index contributed by atoms with van der Waals surface area (Å²) in [5, 5.41) is 17.8. The summed E-state index contributed by atoms with van der Waals surface area (Å²) in [7, 11) is 1.49. The van der Waals surface area contributed by atoms with E-state index in [0.717, 1.165) is 27.9 Å². The first-order valence-electron chi connectivity index (χ1n) is 11.9. The van der Waals surface area contributed by atoms with Gasteiger partial charge in [-0.1, -0.05) is 41.1 Å². The van der Waals surface area contributed by atoms with Crippen LogP contribution in [0.5, 0.6) is 11.5 Å². The Hall–Kier alpha value is -4.59. The van der Waals surface area contributed by atoms with Gasteiger partial charge in [0, 0.05) is 11.3 Å².